The van der Waals surface area contributed by atoms with Gasteiger partial charge in [0.2, 0.25) is 5.91 Å². The summed E-state index contributed by atoms with van der Waals surface area (Å²) in [5, 5.41) is 11.7. The zero-order valence-electron chi connectivity index (χ0n) is 14.1. The lowest BCUT2D eigenvalue weighted by Gasteiger charge is -2.43. The fraction of sp³-hybridized carbons (Fsp3) is 0.471. The van der Waals surface area contributed by atoms with Crippen LogP contribution < -0.4 is 10.1 Å². The van der Waals surface area contributed by atoms with E-state index in [4.69, 9.17) is 4.74 Å². The van der Waals surface area contributed by atoms with Crippen LogP contribution >= 0.6 is 11.8 Å². The highest BCUT2D eigenvalue weighted by Crippen LogP contribution is 2.50. The number of β-lactam (4-membered cyclic amide) rings is 1. The van der Waals surface area contributed by atoms with Gasteiger partial charge in [-0.2, -0.15) is 0 Å². The van der Waals surface area contributed by atoms with Gasteiger partial charge in [-0.3, -0.25) is 9.59 Å². The zero-order valence-corrected chi connectivity index (χ0v) is 14.9. The molecule has 4 atom stereocenters. The molecule has 2 amide bonds. The molecular weight excluding hydrogens is 344 g/mol. The first-order chi connectivity index (χ1) is 11.7. The number of rotatable bonds is 5. The minimum Gasteiger partial charge on any atom is -0.481 e. The summed E-state index contributed by atoms with van der Waals surface area (Å²) in [5.74, 6) is -1.23. The van der Waals surface area contributed by atoms with E-state index in [1.807, 2.05) is 6.07 Å². The molecule has 0 bridgehead atoms. The maximum Gasteiger partial charge on any atom is 0.327 e. The molecule has 2 fully saturated rings. The minimum absolute atomic E-state index is 0.364. The van der Waals surface area contributed by atoms with Crippen molar-refractivity contribution in [3.8, 4) is 5.75 Å². The molecule has 0 radical (unpaired) electrons. The highest BCUT2D eigenvalue weighted by Gasteiger charge is 2.64. The van der Waals surface area contributed by atoms with Gasteiger partial charge in [0.05, 0.1) is 0 Å². The van der Waals surface area contributed by atoms with Gasteiger partial charge in [-0.25, -0.2) is 4.79 Å². The summed E-state index contributed by atoms with van der Waals surface area (Å²) in [6.07, 6.45) is -0.765. The highest BCUT2D eigenvalue weighted by atomic mass is 32.2. The summed E-state index contributed by atoms with van der Waals surface area (Å²) < 4.78 is 4.94. The second-order valence-electron chi connectivity index (χ2n) is 6.66. The van der Waals surface area contributed by atoms with Crippen molar-refractivity contribution in [1.29, 1.82) is 0 Å². The number of benzene rings is 1. The number of hydrogen-bond acceptors (Lipinski definition) is 5. The van der Waals surface area contributed by atoms with Gasteiger partial charge in [0.15, 0.2) is 6.10 Å². The number of aliphatic carboxylic acids is 1. The number of fused-ring (bicyclic) bond motifs is 1. The Kier molecular flexibility index (Phi) is 4.40. The van der Waals surface area contributed by atoms with Gasteiger partial charge in [0.1, 0.15) is 23.2 Å². The lowest BCUT2D eigenvalue weighted by Crippen LogP contribution is -2.71. The quantitative estimate of drug-likeness (QED) is 0.759. The number of hydrogen-bond donors (Lipinski definition) is 2. The topological polar surface area (TPSA) is 95.9 Å². The van der Waals surface area contributed by atoms with E-state index in [1.165, 1.54) is 16.7 Å². The van der Waals surface area contributed by atoms with Gasteiger partial charge in [0.25, 0.3) is 5.91 Å². The van der Waals surface area contributed by atoms with Crippen LogP contribution in [0.2, 0.25) is 0 Å². The average Bonchev–Trinajstić information content (AvgIpc) is 2.81. The smallest absolute Gasteiger partial charge is 0.327 e. The average molecular weight is 364 g/mol. The molecule has 0 saturated carbocycles. The predicted octanol–water partition coefficient (Wildman–Crippen LogP) is 1.09. The first kappa shape index (κ1) is 17.6. The second kappa shape index (κ2) is 6.25. The standard InChI is InChI=1S/C17H20N2O5S/c1-9(24-10-7-5-4-6-8-10)13(20)18-11-14(21)19-12(16(22)23)17(2,3)25-15(11)19/h4-9,11-12,15H,1-3H3,(H,18,20)(H,22,23)/t9-,11-,12-,15-/m1/s1. The molecule has 7 nitrogen and oxygen atoms in total. The number of amides is 2. The maximum atomic E-state index is 12.4. The van der Waals surface area contributed by atoms with E-state index in [0.29, 0.717) is 5.75 Å². The molecule has 134 valence electrons. The molecule has 2 saturated heterocycles. The monoisotopic (exact) mass is 364 g/mol. The lowest BCUT2D eigenvalue weighted by molar-refractivity contribution is -0.161. The van der Waals surface area contributed by atoms with Gasteiger partial charge in [-0.05, 0) is 32.9 Å². The Hall–Kier alpha value is -2.22. The van der Waals surface area contributed by atoms with Crippen LogP contribution in [0.1, 0.15) is 20.8 Å². The fourth-order valence-corrected chi connectivity index (χ4v) is 4.80. The number of nitrogens with zero attached hydrogens (tertiary/aromatic N) is 1. The number of carbonyl (C=O) groups excluding carboxylic acids is 2. The third kappa shape index (κ3) is 3.06. The van der Waals surface area contributed by atoms with Crippen molar-refractivity contribution in [1.82, 2.24) is 10.2 Å². The van der Waals surface area contributed by atoms with E-state index in [9.17, 15) is 19.5 Å². The van der Waals surface area contributed by atoms with Gasteiger partial charge in [0, 0.05) is 4.75 Å². The van der Waals surface area contributed by atoms with E-state index < -0.39 is 34.8 Å². The largest absolute Gasteiger partial charge is 0.481 e. The van der Waals surface area contributed by atoms with Crippen LogP contribution in [-0.2, 0) is 14.4 Å². The zero-order chi connectivity index (χ0) is 18.4. The Morgan fingerprint density at radius 1 is 1.32 bits per heavy atom. The Labute approximate surface area is 149 Å². The summed E-state index contributed by atoms with van der Waals surface area (Å²) in [7, 11) is 0. The Morgan fingerprint density at radius 3 is 2.56 bits per heavy atom. The van der Waals surface area contributed by atoms with E-state index in [1.54, 1.807) is 45.0 Å². The van der Waals surface area contributed by atoms with Crippen LogP contribution in [-0.4, -0.2) is 56.1 Å². The predicted molar refractivity (Wildman–Crippen MR) is 92.2 cm³/mol. The van der Waals surface area contributed by atoms with Crippen molar-refractivity contribution in [3.05, 3.63) is 30.3 Å². The molecule has 3 rings (SSSR count). The molecule has 1 aromatic rings. The van der Waals surface area contributed by atoms with Crippen molar-refractivity contribution in [2.75, 3.05) is 0 Å². The molecule has 0 aliphatic carbocycles. The van der Waals surface area contributed by atoms with Crippen LogP contribution in [0.3, 0.4) is 0 Å². The van der Waals surface area contributed by atoms with Crippen molar-refractivity contribution in [2.45, 2.75) is 49.1 Å². The molecule has 0 aromatic heterocycles. The maximum absolute atomic E-state index is 12.4. The third-order valence-electron chi connectivity index (χ3n) is 4.40. The number of nitrogens with one attached hydrogen (secondary N) is 1. The Bertz CT molecular complexity index is 708. The molecule has 0 unspecified atom stereocenters. The van der Waals surface area contributed by atoms with E-state index in [0.717, 1.165) is 0 Å². The summed E-state index contributed by atoms with van der Waals surface area (Å²) in [5.41, 5.74) is 0. The number of carboxylic acids is 1. The third-order valence-corrected chi connectivity index (χ3v) is 5.97. The summed E-state index contributed by atoms with van der Waals surface area (Å²) in [4.78, 5) is 37.5. The normalized spacial score (nSPS) is 27.9. The number of para-hydroxylation sites is 1. The van der Waals surface area contributed by atoms with Crippen LogP contribution in [0.15, 0.2) is 30.3 Å². The first-order valence-corrected chi connectivity index (χ1v) is 8.85. The Balaban J connectivity index is 1.64. The molecule has 25 heavy (non-hydrogen) atoms. The number of thioether (sulfide) groups is 1. The molecular formula is C17H20N2O5S. The van der Waals surface area contributed by atoms with Gasteiger partial charge >= 0.3 is 5.97 Å². The van der Waals surface area contributed by atoms with Crippen molar-refractivity contribution < 1.29 is 24.2 Å². The first-order valence-electron chi connectivity index (χ1n) is 7.97. The van der Waals surface area contributed by atoms with Crippen LogP contribution in [0.4, 0.5) is 0 Å². The molecule has 8 heteroatoms. The van der Waals surface area contributed by atoms with Crippen LogP contribution in [0.25, 0.3) is 0 Å². The lowest BCUT2D eigenvalue weighted by atomic mass is 9.96. The summed E-state index contributed by atoms with van der Waals surface area (Å²) >= 11 is 1.39. The van der Waals surface area contributed by atoms with Crippen LogP contribution in [0.5, 0.6) is 5.75 Å². The number of carboxylic acid groups (broad SMARTS) is 1. The van der Waals surface area contributed by atoms with Gasteiger partial charge in [-0.1, -0.05) is 18.2 Å². The number of ether oxygens (including phenoxy) is 1. The fourth-order valence-electron chi connectivity index (χ4n) is 3.17. The van der Waals surface area contributed by atoms with Crippen molar-refractivity contribution in [3.63, 3.8) is 0 Å². The van der Waals surface area contributed by atoms with Crippen molar-refractivity contribution >= 4 is 29.5 Å². The van der Waals surface area contributed by atoms with E-state index >= 15 is 0 Å². The van der Waals surface area contributed by atoms with E-state index in [2.05, 4.69) is 5.32 Å². The molecule has 2 aliphatic rings. The SMILES string of the molecule is C[C@@H](Oc1ccccc1)C(=O)N[C@@H]1C(=O)N2[C@@H]1SC(C)(C)[C@H]2C(=O)O. The van der Waals surface area contributed by atoms with E-state index in [-0.39, 0.29) is 11.3 Å². The minimum atomic E-state index is -1.03. The molecule has 0 spiro atoms. The van der Waals surface area contributed by atoms with Gasteiger partial charge < -0.3 is 20.1 Å². The molecule has 2 aliphatic heterocycles. The molecule has 1 aromatic carbocycles. The molecule has 2 N–H and O–H groups in total. The van der Waals surface area contributed by atoms with Crippen molar-refractivity contribution in [2.24, 2.45) is 0 Å². The number of carbonyl (C=O) groups is 3. The molecule has 2 heterocycles. The highest BCUT2D eigenvalue weighted by molar-refractivity contribution is 8.01. The Morgan fingerprint density at radius 2 is 1.96 bits per heavy atom. The summed E-state index contributed by atoms with van der Waals surface area (Å²) in [6.45, 7) is 5.19. The second-order valence-corrected chi connectivity index (χ2v) is 8.43. The van der Waals surface area contributed by atoms with Crippen LogP contribution in [0, 0.1) is 0 Å². The van der Waals surface area contributed by atoms with Gasteiger partial charge in [-0.15, -0.1) is 11.8 Å². The summed E-state index contributed by atoms with van der Waals surface area (Å²) in [6, 6.07) is 7.33.